The van der Waals surface area contributed by atoms with Crippen molar-refractivity contribution in [2.45, 2.75) is 26.2 Å². The van der Waals surface area contributed by atoms with Gasteiger partial charge in [0.2, 0.25) is 5.91 Å². The van der Waals surface area contributed by atoms with Gasteiger partial charge in [-0.3, -0.25) is 14.9 Å². The number of nitrogens with one attached hydrogen (secondary N) is 1. The van der Waals surface area contributed by atoms with Crippen LogP contribution in [0.3, 0.4) is 0 Å². The number of rotatable bonds is 5. The van der Waals surface area contributed by atoms with Gasteiger partial charge >= 0.3 is 0 Å². The van der Waals surface area contributed by atoms with Crippen LogP contribution in [0.15, 0.2) is 48.5 Å². The number of nitro benzene ring substituents is 1. The smallest absolute Gasteiger partial charge is 0.269 e. The number of nitrogens with zero attached hydrogens (tertiary/aromatic N) is 1. The maximum Gasteiger partial charge on any atom is 0.269 e. The molecule has 2 aromatic carbocycles. The summed E-state index contributed by atoms with van der Waals surface area (Å²) < 4.78 is 0. The molecule has 5 nitrogen and oxygen atoms in total. The number of benzene rings is 2. The first kappa shape index (κ1) is 15.7. The van der Waals surface area contributed by atoms with Gasteiger partial charge in [0.1, 0.15) is 0 Å². The Kier molecular flexibility index (Phi) is 4.88. The minimum Gasteiger partial charge on any atom is -0.325 e. The van der Waals surface area contributed by atoms with Gasteiger partial charge in [-0.25, -0.2) is 0 Å². The summed E-state index contributed by atoms with van der Waals surface area (Å²) in [6.07, 6.45) is 0.682. The monoisotopic (exact) mass is 298 g/mol. The van der Waals surface area contributed by atoms with Gasteiger partial charge in [-0.2, -0.15) is 0 Å². The van der Waals surface area contributed by atoms with Crippen molar-refractivity contribution in [3.8, 4) is 0 Å². The first-order valence-electron chi connectivity index (χ1n) is 7.13. The van der Waals surface area contributed by atoms with Crippen molar-refractivity contribution in [2.75, 3.05) is 5.32 Å². The maximum absolute atomic E-state index is 12.5. The molecule has 0 aliphatic heterocycles. The van der Waals surface area contributed by atoms with E-state index in [-0.39, 0.29) is 17.5 Å². The van der Waals surface area contributed by atoms with Gasteiger partial charge in [0.15, 0.2) is 0 Å². The Morgan fingerprint density at radius 1 is 1.23 bits per heavy atom. The fourth-order valence-corrected chi connectivity index (χ4v) is 2.38. The van der Waals surface area contributed by atoms with E-state index in [1.54, 1.807) is 13.0 Å². The quantitative estimate of drug-likeness (QED) is 0.669. The minimum atomic E-state index is -0.447. The van der Waals surface area contributed by atoms with E-state index in [1.165, 1.54) is 12.1 Å². The van der Waals surface area contributed by atoms with Crippen LogP contribution in [0.4, 0.5) is 11.4 Å². The summed E-state index contributed by atoms with van der Waals surface area (Å²) in [5.41, 5.74) is 2.25. The number of amides is 1. The second-order valence-electron chi connectivity index (χ2n) is 5.12. The molecule has 0 aliphatic carbocycles. The number of carbonyl (C=O) groups is 1. The average Bonchev–Trinajstić information content (AvgIpc) is 2.51. The lowest BCUT2D eigenvalue weighted by atomic mass is 9.95. The van der Waals surface area contributed by atoms with Gasteiger partial charge in [-0.05, 0) is 30.5 Å². The van der Waals surface area contributed by atoms with E-state index >= 15 is 0 Å². The van der Waals surface area contributed by atoms with Crippen molar-refractivity contribution in [3.63, 3.8) is 0 Å². The molecule has 0 saturated heterocycles. The SMILES string of the molecule is CCC(C(=O)Nc1ccc([N+](=O)[O-])cc1C)c1ccccc1. The highest BCUT2D eigenvalue weighted by atomic mass is 16.6. The highest BCUT2D eigenvalue weighted by Crippen LogP contribution is 2.25. The average molecular weight is 298 g/mol. The van der Waals surface area contributed by atoms with Crippen LogP contribution in [0.25, 0.3) is 0 Å². The van der Waals surface area contributed by atoms with Gasteiger partial charge in [0.05, 0.1) is 10.8 Å². The van der Waals surface area contributed by atoms with Crippen LogP contribution in [0.5, 0.6) is 0 Å². The number of carbonyl (C=O) groups excluding carboxylic acids is 1. The number of non-ortho nitro benzene ring substituents is 1. The van der Waals surface area contributed by atoms with Gasteiger partial charge < -0.3 is 5.32 Å². The van der Waals surface area contributed by atoms with Crippen LogP contribution in [0.1, 0.15) is 30.4 Å². The van der Waals surface area contributed by atoms with E-state index in [0.29, 0.717) is 17.7 Å². The van der Waals surface area contributed by atoms with E-state index in [0.717, 1.165) is 5.56 Å². The molecule has 114 valence electrons. The molecule has 5 heteroatoms. The van der Waals surface area contributed by atoms with Crippen molar-refractivity contribution < 1.29 is 9.72 Å². The molecule has 1 atom stereocenters. The zero-order valence-electron chi connectivity index (χ0n) is 12.6. The van der Waals surface area contributed by atoms with E-state index < -0.39 is 4.92 Å². The molecule has 0 heterocycles. The Morgan fingerprint density at radius 2 is 1.91 bits per heavy atom. The predicted molar refractivity (Wildman–Crippen MR) is 85.9 cm³/mol. The first-order chi connectivity index (χ1) is 10.5. The molecule has 1 N–H and O–H groups in total. The lowest BCUT2D eigenvalue weighted by Gasteiger charge is -2.16. The Labute approximate surface area is 129 Å². The normalized spacial score (nSPS) is 11.7. The van der Waals surface area contributed by atoms with E-state index in [9.17, 15) is 14.9 Å². The second-order valence-corrected chi connectivity index (χ2v) is 5.12. The summed E-state index contributed by atoms with van der Waals surface area (Å²) >= 11 is 0. The minimum absolute atomic E-state index is 0.0191. The van der Waals surface area contributed by atoms with Gasteiger partial charge in [-0.1, -0.05) is 37.3 Å². The molecule has 0 aliphatic rings. The highest BCUT2D eigenvalue weighted by Gasteiger charge is 2.19. The van der Waals surface area contributed by atoms with Crippen molar-refractivity contribution in [1.82, 2.24) is 0 Å². The molecule has 22 heavy (non-hydrogen) atoms. The first-order valence-corrected chi connectivity index (χ1v) is 7.13. The van der Waals surface area contributed by atoms with E-state index in [2.05, 4.69) is 5.32 Å². The number of anilines is 1. The van der Waals surface area contributed by atoms with Crippen molar-refractivity contribution in [3.05, 3.63) is 69.8 Å². The van der Waals surface area contributed by atoms with Crippen LogP contribution in [0.2, 0.25) is 0 Å². The van der Waals surface area contributed by atoms with Crippen molar-refractivity contribution >= 4 is 17.3 Å². The third-order valence-corrected chi connectivity index (χ3v) is 3.61. The Balaban J connectivity index is 2.19. The van der Waals surface area contributed by atoms with Crippen molar-refractivity contribution in [1.29, 1.82) is 0 Å². The Bertz CT molecular complexity index is 684. The summed E-state index contributed by atoms with van der Waals surface area (Å²) in [6.45, 7) is 3.70. The standard InChI is InChI=1S/C17H18N2O3/c1-3-15(13-7-5-4-6-8-13)17(20)18-16-10-9-14(19(21)22)11-12(16)2/h4-11,15H,3H2,1-2H3,(H,18,20). The third-order valence-electron chi connectivity index (χ3n) is 3.61. The summed E-state index contributed by atoms with van der Waals surface area (Å²) in [6, 6.07) is 14.0. The van der Waals surface area contributed by atoms with Crippen LogP contribution in [0, 0.1) is 17.0 Å². The van der Waals surface area contributed by atoms with Gasteiger partial charge in [-0.15, -0.1) is 0 Å². The predicted octanol–water partition coefficient (Wildman–Crippen LogP) is 4.04. The Hall–Kier alpha value is -2.69. The van der Waals surface area contributed by atoms with Gasteiger partial charge in [0.25, 0.3) is 5.69 Å². The molecule has 0 fully saturated rings. The molecule has 2 rings (SSSR count). The van der Waals surface area contributed by atoms with Crippen LogP contribution in [-0.2, 0) is 4.79 Å². The zero-order valence-corrected chi connectivity index (χ0v) is 12.6. The number of hydrogen-bond acceptors (Lipinski definition) is 3. The Morgan fingerprint density at radius 3 is 2.45 bits per heavy atom. The highest BCUT2D eigenvalue weighted by molar-refractivity contribution is 5.96. The molecule has 0 bridgehead atoms. The largest absolute Gasteiger partial charge is 0.325 e. The summed E-state index contributed by atoms with van der Waals surface area (Å²) in [5, 5.41) is 13.6. The maximum atomic E-state index is 12.5. The lowest BCUT2D eigenvalue weighted by molar-refractivity contribution is -0.384. The van der Waals surface area contributed by atoms with Crippen LogP contribution in [-0.4, -0.2) is 10.8 Å². The molecule has 0 spiro atoms. The molecule has 0 radical (unpaired) electrons. The van der Waals surface area contributed by atoms with Gasteiger partial charge in [0, 0.05) is 17.8 Å². The van der Waals surface area contributed by atoms with E-state index in [1.807, 2.05) is 37.3 Å². The third kappa shape index (κ3) is 3.49. The molecular weight excluding hydrogens is 280 g/mol. The molecule has 0 saturated carbocycles. The number of aryl methyl sites for hydroxylation is 1. The van der Waals surface area contributed by atoms with Crippen LogP contribution < -0.4 is 5.32 Å². The fourth-order valence-electron chi connectivity index (χ4n) is 2.38. The van der Waals surface area contributed by atoms with E-state index in [4.69, 9.17) is 0 Å². The van der Waals surface area contributed by atoms with Crippen molar-refractivity contribution in [2.24, 2.45) is 0 Å². The fraction of sp³-hybridized carbons (Fsp3) is 0.235. The lowest BCUT2D eigenvalue weighted by Crippen LogP contribution is -2.21. The topological polar surface area (TPSA) is 72.2 Å². The number of nitro groups is 1. The zero-order chi connectivity index (χ0) is 16.1. The number of hydrogen-bond donors (Lipinski definition) is 1. The summed E-state index contributed by atoms with van der Waals surface area (Å²) in [7, 11) is 0. The molecule has 1 unspecified atom stereocenters. The molecular formula is C17H18N2O3. The summed E-state index contributed by atoms with van der Waals surface area (Å²) in [5.74, 6) is -0.346. The van der Waals surface area contributed by atoms with Crippen LogP contribution >= 0.6 is 0 Å². The molecule has 0 aromatic heterocycles. The molecule has 1 amide bonds. The summed E-state index contributed by atoms with van der Waals surface area (Å²) in [4.78, 5) is 22.8. The molecule has 2 aromatic rings. The second kappa shape index (κ2) is 6.85.